The van der Waals surface area contributed by atoms with Crippen molar-refractivity contribution in [3.63, 3.8) is 0 Å². The Bertz CT molecular complexity index is 1120. The van der Waals surface area contributed by atoms with E-state index < -0.39 is 5.97 Å². The van der Waals surface area contributed by atoms with Crippen LogP contribution in [0.5, 0.6) is 5.75 Å². The molecule has 0 aliphatic carbocycles. The van der Waals surface area contributed by atoms with Gasteiger partial charge in [0, 0.05) is 17.0 Å². The van der Waals surface area contributed by atoms with Gasteiger partial charge in [-0.2, -0.15) is 0 Å². The summed E-state index contributed by atoms with van der Waals surface area (Å²) in [6.07, 6.45) is 1.19. The topological polar surface area (TPSA) is 86.0 Å². The van der Waals surface area contributed by atoms with Gasteiger partial charge in [0.05, 0.1) is 13.4 Å². The molecule has 0 aliphatic rings. The summed E-state index contributed by atoms with van der Waals surface area (Å²) in [5.74, 6) is -0.575. The molecule has 0 bridgehead atoms. The van der Waals surface area contributed by atoms with Crippen molar-refractivity contribution in [2.45, 2.75) is 20.5 Å². The maximum absolute atomic E-state index is 11.9. The lowest BCUT2D eigenvalue weighted by Gasteiger charge is -2.12. The summed E-state index contributed by atoms with van der Waals surface area (Å²) in [7, 11) is 1.40. The minimum absolute atomic E-state index is 0.0392. The highest BCUT2D eigenvalue weighted by Gasteiger charge is 2.15. The molecule has 0 atom stereocenters. The molecule has 28 heavy (non-hydrogen) atoms. The first kappa shape index (κ1) is 19.2. The van der Waals surface area contributed by atoms with Crippen LogP contribution in [0.25, 0.3) is 16.5 Å². The first-order valence-electron chi connectivity index (χ1n) is 8.63. The molecule has 144 valence electrons. The zero-order valence-electron chi connectivity index (χ0n) is 15.8. The second-order valence-electron chi connectivity index (χ2n) is 6.32. The maximum Gasteiger partial charge on any atom is 0.339 e. The van der Waals surface area contributed by atoms with Gasteiger partial charge in [-0.05, 0) is 42.7 Å². The first-order chi connectivity index (χ1) is 13.4. The number of fused-ring (bicyclic) bond motifs is 1. The standard InChI is InChI=1S/C22H20O6/c1-13-14(2)22(25)28-20-10-16(8-9-17(13)20)27-11-15-6-4-5-7-18(15)19(12-26-3)21(23)24/h4-10,12H,11H2,1-3H3,(H,23,24)/b19-12+. The average molecular weight is 380 g/mol. The lowest BCUT2D eigenvalue weighted by atomic mass is 10.0. The van der Waals surface area contributed by atoms with E-state index in [1.165, 1.54) is 13.4 Å². The SMILES string of the molecule is CO/C=C(/C(=O)O)c1ccccc1COc1ccc2c(C)c(C)c(=O)oc2c1. The zero-order valence-corrected chi connectivity index (χ0v) is 15.8. The summed E-state index contributed by atoms with van der Waals surface area (Å²) in [6.45, 7) is 3.75. The van der Waals surface area contributed by atoms with Gasteiger partial charge in [-0.25, -0.2) is 9.59 Å². The molecule has 0 unspecified atom stereocenters. The molecule has 1 N–H and O–H groups in total. The van der Waals surface area contributed by atoms with E-state index in [9.17, 15) is 14.7 Å². The number of benzene rings is 2. The van der Waals surface area contributed by atoms with E-state index in [0.717, 1.165) is 10.9 Å². The lowest BCUT2D eigenvalue weighted by Crippen LogP contribution is -2.07. The normalized spacial score (nSPS) is 11.5. The number of hydrogen-bond acceptors (Lipinski definition) is 5. The second kappa shape index (κ2) is 8.00. The van der Waals surface area contributed by atoms with Crippen LogP contribution in [0.4, 0.5) is 0 Å². The molecule has 3 rings (SSSR count). The van der Waals surface area contributed by atoms with E-state index in [1.807, 2.05) is 13.0 Å². The number of methoxy groups -OCH3 is 1. The third-order valence-corrected chi connectivity index (χ3v) is 4.60. The molecule has 1 heterocycles. The number of aliphatic carboxylic acids is 1. The summed E-state index contributed by atoms with van der Waals surface area (Å²) in [5.41, 5.74) is 2.77. The van der Waals surface area contributed by atoms with Crippen LogP contribution in [-0.4, -0.2) is 18.2 Å². The molecule has 2 aromatic carbocycles. The van der Waals surface area contributed by atoms with E-state index >= 15 is 0 Å². The number of aryl methyl sites for hydroxylation is 1. The third kappa shape index (κ3) is 3.76. The molecule has 0 aliphatic heterocycles. The van der Waals surface area contributed by atoms with Gasteiger partial charge in [0.25, 0.3) is 0 Å². The fourth-order valence-corrected chi connectivity index (χ4v) is 2.94. The summed E-state index contributed by atoms with van der Waals surface area (Å²) in [4.78, 5) is 23.4. The van der Waals surface area contributed by atoms with E-state index in [4.69, 9.17) is 13.9 Å². The molecule has 0 spiro atoms. The Hall–Kier alpha value is -3.54. The van der Waals surface area contributed by atoms with E-state index in [-0.39, 0.29) is 17.8 Å². The van der Waals surface area contributed by atoms with Crippen LogP contribution in [0.15, 0.2) is 57.9 Å². The summed E-state index contributed by atoms with van der Waals surface area (Å²) >= 11 is 0. The van der Waals surface area contributed by atoms with Crippen molar-refractivity contribution in [3.05, 3.63) is 81.4 Å². The van der Waals surface area contributed by atoms with Gasteiger partial charge in [0.1, 0.15) is 23.5 Å². The Morgan fingerprint density at radius 1 is 1.14 bits per heavy atom. The minimum Gasteiger partial charge on any atom is -0.503 e. The number of hydrogen-bond donors (Lipinski definition) is 1. The van der Waals surface area contributed by atoms with E-state index in [1.54, 1.807) is 43.3 Å². The second-order valence-corrected chi connectivity index (χ2v) is 6.32. The first-order valence-corrected chi connectivity index (χ1v) is 8.63. The Labute approximate surface area is 161 Å². The molecular formula is C22H20O6. The number of carbonyl (C=O) groups is 1. The van der Waals surface area contributed by atoms with Crippen molar-refractivity contribution >= 4 is 22.5 Å². The van der Waals surface area contributed by atoms with Crippen molar-refractivity contribution in [2.24, 2.45) is 0 Å². The fourth-order valence-electron chi connectivity index (χ4n) is 2.94. The van der Waals surface area contributed by atoms with Crippen LogP contribution in [-0.2, 0) is 16.1 Å². The number of rotatable bonds is 6. The van der Waals surface area contributed by atoms with Crippen LogP contribution in [0, 0.1) is 13.8 Å². The van der Waals surface area contributed by atoms with Crippen molar-refractivity contribution in [1.29, 1.82) is 0 Å². The minimum atomic E-state index is -1.09. The highest BCUT2D eigenvalue weighted by molar-refractivity contribution is 6.15. The molecule has 6 nitrogen and oxygen atoms in total. The van der Waals surface area contributed by atoms with E-state index in [0.29, 0.717) is 28.0 Å². The molecular weight excluding hydrogens is 360 g/mol. The van der Waals surface area contributed by atoms with Gasteiger partial charge in [0.2, 0.25) is 0 Å². The zero-order chi connectivity index (χ0) is 20.3. The highest BCUT2D eigenvalue weighted by atomic mass is 16.5. The van der Waals surface area contributed by atoms with Crippen molar-refractivity contribution in [3.8, 4) is 5.75 Å². The van der Waals surface area contributed by atoms with Crippen LogP contribution >= 0.6 is 0 Å². The van der Waals surface area contributed by atoms with Crippen molar-refractivity contribution in [2.75, 3.05) is 7.11 Å². The Balaban J connectivity index is 1.91. The Kier molecular flexibility index (Phi) is 5.49. The predicted molar refractivity (Wildman–Crippen MR) is 105 cm³/mol. The maximum atomic E-state index is 11.9. The average Bonchev–Trinajstić information content (AvgIpc) is 2.68. The monoisotopic (exact) mass is 380 g/mol. The number of carboxylic acids is 1. The molecule has 0 saturated heterocycles. The van der Waals surface area contributed by atoms with Crippen LogP contribution in [0.2, 0.25) is 0 Å². The van der Waals surface area contributed by atoms with Crippen molar-refractivity contribution in [1.82, 2.24) is 0 Å². The summed E-state index contributed by atoms with van der Waals surface area (Å²) < 4.78 is 16.1. The Morgan fingerprint density at radius 2 is 1.89 bits per heavy atom. The van der Waals surface area contributed by atoms with E-state index in [2.05, 4.69) is 0 Å². The smallest absolute Gasteiger partial charge is 0.339 e. The summed E-state index contributed by atoms with van der Waals surface area (Å²) in [5, 5.41) is 10.3. The molecule has 6 heteroatoms. The third-order valence-electron chi connectivity index (χ3n) is 4.60. The quantitative estimate of drug-likeness (QED) is 0.394. The van der Waals surface area contributed by atoms with Gasteiger partial charge >= 0.3 is 11.6 Å². The highest BCUT2D eigenvalue weighted by Crippen LogP contribution is 2.26. The van der Waals surface area contributed by atoms with Crippen LogP contribution < -0.4 is 10.4 Å². The molecule has 0 saturated carbocycles. The number of ether oxygens (including phenoxy) is 2. The molecule has 3 aromatic rings. The van der Waals surface area contributed by atoms with Gasteiger partial charge in [0.15, 0.2) is 0 Å². The van der Waals surface area contributed by atoms with Crippen LogP contribution in [0.1, 0.15) is 22.3 Å². The molecule has 0 fully saturated rings. The Morgan fingerprint density at radius 3 is 2.61 bits per heavy atom. The largest absolute Gasteiger partial charge is 0.503 e. The molecule has 1 aromatic heterocycles. The lowest BCUT2D eigenvalue weighted by molar-refractivity contribution is -0.130. The van der Waals surface area contributed by atoms with Gasteiger partial charge in [-0.3, -0.25) is 0 Å². The van der Waals surface area contributed by atoms with Gasteiger partial charge < -0.3 is 19.0 Å². The molecule has 0 amide bonds. The number of carboxylic acid groups (broad SMARTS) is 1. The van der Waals surface area contributed by atoms with Crippen molar-refractivity contribution < 1.29 is 23.8 Å². The van der Waals surface area contributed by atoms with Crippen LogP contribution in [0.3, 0.4) is 0 Å². The van der Waals surface area contributed by atoms with Gasteiger partial charge in [-0.15, -0.1) is 0 Å². The van der Waals surface area contributed by atoms with Gasteiger partial charge in [-0.1, -0.05) is 24.3 Å². The fraction of sp³-hybridized carbons (Fsp3) is 0.182. The molecule has 0 radical (unpaired) electrons. The summed E-state index contributed by atoms with van der Waals surface area (Å²) in [6, 6.07) is 12.3. The predicted octanol–water partition coefficient (Wildman–Crippen LogP) is 4.06.